The maximum atomic E-state index is 13.1. The molecule has 0 saturated carbocycles. The van der Waals surface area contributed by atoms with Gasteiger partial charge < -0.3 is 16.4 Å². The van der Waals surface area contributed by atoms with Crippen molar-refractivity contribution < 1.29 is 14.4 Å². The first-order chi connectivity index (χ1) is 17.7. The Morgan fingerprint density at radius 2 is 1.45 bits per heavy atom. The topological polar surface area (TPSA) is 101 Å². The molecule has 0 aromatic heterocycles. The Morgan fingerprint density at radius 3 is 2.00 bits per heavy atom. The van der Waals surface area contributed by atoms with Gasteiger partial charge in [0.15, 0.2) is 0 Å². The fourth-order valence-corrected chi connectivity index (χ4v) is 3.61. The largest absolute Gasteiger partial charge is 0.363 e. The Bertz CT molecular complexity index is 1210. The second-order valence-electron chi connectivity index (χ2n) is 8.74. The molecule has 0 aliphatic carbocycles. The van der Waals surface area contributed by atoms with Crippen LogP contribution in [0.25, 0.3) is 12.2 Å². The van der Waals surface area contributed by atoms with Crippen LogP contribution in [0, 0.1) is 13.8 Å². The minimum absolute atomic E-state index is 0. The third-order valence-electron chi connectivity index (χ3n) is 5.63. The maximum absolute atomic E-state index is 13.1. The lowest BCUT2D eigenvalue weighted by atomic mass is 9.99. The highest BCUT2D eigenvalue weighted by Crippen LogP contribution is 2.17. The minimum Gasteiger partial charge on any atom is -0.363 e. The molecule has 202 valence electrons. The fraction of sp³-hybridized carbons (Fsp3) is 0.258. The van der Waals surface area contributed by atoms with E-state index < -0.39 is 23.6 Å². The highest BCUT2D eigenvalue weighted by molar-refractivity contribution is 6.38. The zero-order valence-corrected chi connectivity index (χ0v) is 23.3. The van der Waals surface area contributed by atoms with Crippen molar-refractivity contribution in [1.29, 1.82) is 0 Å². The summed E-state index contributed by atoms with van der Waals surface area (Å²) < 4.78 is 0. The van der Waals surface area contributed by atoms with Gasteiger partial charge in [-0.1, -0.05) is 104 Å². The van der Waals surface area contributed by atoms with E-state index in [1.807, 2.05) is 92.7 Å². The third-order valence-corrected chi connectivity index (χ3v) is 5.63. The molecule has 38 heavy (non-hydrogen) atoms. The van der Waals surface area contributed by atoms with Crippen molar-refractivity contribution >= 4 is 42.2 Å². The van der Waals surface area contributed by atoms with Gasteiger partial charge in [-0.3, -0.25) is 14.4 Å². The van der Waals surface area contributed by atoms with E-state index in [0.717, 1.165) is 29.8 Å². The van der Waals surface area contributed by atoms with Crippen LogP contribution >= 0.6 is 12.4 Å². The SMILES string of the molecule is CCNCC.Cc1ccc(C=Cc2cc(C)ccc2C(=O)NC(Cc2ccccc2)C(=O)C(N)=O)cc1.Cl. The van der Waals surface area contributed by atoms with Crippen molar-refractivity contribution in [2.24, 2.45) is 5.73 Å². The standard InChI is InChI=1S/C27H26N2O3.C4H11N.ClH/c1-18-8-11-20(12-9-18)13-14-22-16-19(2)10-15-23(22)27(32)29-24(25(30)26(28)31)17-21-6-4-3-5-7-21;1-3-5-4-2;/h3-16,24H,17H2,1-2H3,(H2,28,31)(H,29,32);5H,3-4H2,1-2H3;1H. The lowest BCUT2D eigenvalue weighted by Gasteiger charge is -2.17. The van der Waals surface area contributed by atoms with Gasteiger partial charge in [0.25, 0.3) is 11.8 Å². The van der Waals surface area contributed by atoms with E-state index in [1.165, 1.54) is 5.56 Å². The van der Waals surface area contributed by atoms with Crippen LogP contribution in [0.4, 0.5) is 0 Å². The second-order valence-corrected chi connectivity index (χ2v) is 8.74. The molecule has 0 radical (unpaired) electrons. The summed E-state index contributed by atoms with van der Waals surface area (Å²) in [5.41, 5.74) is 10.3. The molecule has 3 aromatic rings. The molecule has 6 nitrogen and oxygen atoms in total. The predicted octanol–water partition coefficient (Wildman–Crippen LogP) is 4.91. The van der Waals surface area contributed by atoms with Crippen molar-refractivity contribution in [1.82, 2.24) is 10.6 Å². The number of benzene rings is 3. The van der Waals surface area contributed by atoms with Crippen LogP contribution in [-0.4, -0.2) is 36.7 Å². The Balaban J connectivity index is 0.00000110. The number of primary amides is 1. The van der Waals surface area contributed by atoms with Crippen LogP contribution in [0.3, 0.4) is 0 Å². The molecule has 0 bridgehead atoms. The average molecular weight is 536 g/mol. The molecule has 0 saturated heterocycles. The van der Waals surface area contributed by atoms with E-state index >= 15 is 0 Å². The quantitative estimate of drug-likeness (QED) is 0.254. The first-order valence-electron chi connectivity index (χ1n) is 12.5. The zero-order valence-electron chi connectivity index (χ0n) is 22.5. The third kappa shape index (κ3) is 10.7. The van der Waals surface area contributed by atoms with Crippen molar-refractivity contribution in [3.05, 3.63) is 106 Å². The monoisotopic (exact) mass is 535 g/mol. The number of rotatable bonds is 10. The summed E-state index contributed by atoms with van der Waals surface area (Å²) in [6, 6.07) is 21.6. The van der Waals surface area contributed by atoms with Crippen LogP contribution in [-0.2, 0) is 16.0 Å². The van der Waals surface area contributed by atoms with Gasteiger partial charge in [0.2, 0.25) is 5.78 Å². The summed E-state index contributed by atoms with van der Waals surface area (Å²) in [4.78, 5) is 37.1. The van der Waals surface area contributed by atoms with Gasteiger partial charge in [0, 0.05) is 12.0 Å². The number of hydrogen-bond donors (Lipinski definition) is 3. The van der Waals surface area contributed by atoms with Crippen LogP contribution in [0.2, 0.25) is 0 Å². The number of carbonyl (C=O) groups is 3. The number of Topliss-reactive ketones (excluding diaryl/α,β-unsaturated/α-hetero) is 1. The van der Waals surface area contributed by atoms with E-state index in [4.69, 9.17) is 5.73 Å². The number of nitrogens with one attached hydrogen (secondary N) is 2. The molecule has 4 N–H and O–H groups in total. The van der Waals surface area contributed by atoms with Crippen molar-refractivity contribution in [2.45, 2.75) is 40.2 Å². The zero-order chi connectivity index (χ0) is 27.2. The van der Waals surface area contributed by atoms with E-state index in [9.17, 15) is 14.4 Å². The summed E-state index contributed by atoms with van der Waals surface area (Å²) in [5.74, 6) is -2.34. The van der Waals surface area contributed by atoms with E-state index in [1.54, 1.807) is 6.07 Å². The van der Waals surface area contributed by atoms with Gasteiger partial charge in [-0.15, -0.1) is 12.4 Å². The molecule has 7 heteroatoms. The molecule has 1 atom stereocenters. The molecule has 0 spiro atoms. The summed E-state index contributed by atoms with van der Waals surface area (Å²) in [7, 11) is 0. The summed E-state index contributed by atoms with van der Waals surface area (Å²) >= 11 is 0. The van der Waals surface area contributed by atoms with Gasteiger partial charge in [-0.25, -0.2) is 0 Å². The van der Waals surface area contributed by atoms with Crippen molar-refractivity contribution in [3.63, 3.8) is 0 Å². The molecule has 0 heterocycles. The molecular formula is C31H38ClN3O3. The molecule has 0 aliphatic rings. The average Bonchev–Trinajstić information content (AvgIpc) is 2.89. The lowest BCUT2D eigenvalue weighted by Crippen LogP contribution is -2.47. The van der Waals surface area contributed by atoms with Gasteiger partial charge >= 0.3 is 0 Å². The van der Waals surface area contributed by atoms with Crippen LogP contribution < -0.4 is 16.4 Å². The number of halogens is 1. The van der Waals surface area contributed by atoms with Gasteiger partial charge in [-0.2, -0.15) is 0 Å². The normalized spacial score (nSPS) is 11.1. The van der Waals surface area contributed by atoms with Crippen LogP contribution in [0.1, 0.15) is 52.0 Å². The smallest absolute Gasteiger partial charge is 0.287 e. The molecule has 3 aromatic carbocycles. The Labute approximate surface area is 232 Å². The van der Waals surface area contributed by atoms with Gasteiger partial charge in [-0.05, 0) is 49.7 Å². The summed E-state index contributed by atoms with van der Waals surface area (Å²) in [5, 5.41) is 5.82. The van der Waals surface area contributed by atoms with Gasteiger partial charge in [0.05, 0.1) is 0 Å². The molecule has 3 rings (SSSR count). The van der Waals surface area contributed by atoms with Crippen molar-refractivity contribution in [2.75, 3.05) is 13.1 Å². The Hall–Kier alpha value is -3.74. The first kappa shape index (κ1) is 32.3. The number of hydrogen-bond acceptors (Lipinski definition) is 4. The van der Waals surface area contributed by atoms with Crippen LogP contribution in [0.5, 0.6) is 0 Å². The van der Waals surface area contributed by atoms with E-state index in [2.05, 4.69) is 24.5 Å². The van der Waals surface area contributed by atoms with Crippen molar-refractivity contribution in [3.8, 4) is 0 Å². The summed E-state index contributed by atoms with van der Waals surface area (Å²) in [6.45, 7) is 10.4. The number of aryl methyl sites for hydroxylation is 2. The molecule has 2 amide bonds. The maximum Gasteiger partial charge on any atom is 0.287 e. The highest BCUT2D eigenvalue weighted by atomic mass is 35.5. The Kier molecular flexibility index (Phi) is 14.4. The molecule has 0 aliphatic heterocycles. The van der Waals surface area contributed by atoms with Gasteiger partial charge in [0.1, 0.15) is 6.04 Å². The molecular weight excluding hydrogens is 498 g/mol. The highest BCUT2D eigenvalue weighted by Gasteiger charge is 2.26. The number of nitrogens with two attached hydrogens (primary N) is 1. The minimum atomic E-state index is -1.07. The second kappa shape index (κ2) is 16.9. The number of carbonyl (C=O) groups excluding carboxylic acids is 3. The fourth-order valence-electron chi connectivity index (χ4n) is 3.61. The number of amides is 2. The lowest BCUT2D eigenvalue weighted by molar-refractivity contribution is -0.137. The van der Waals surface area contributed by atoms with Crippen LogP contribution in [0.15, 0.2) is 72.8 Å². The first-order valence-corrected chi connectivity index (χ1v) is 12.5. The molecule has 0 fully saturated rings. The van der Waals surface area contributed by atoms with E-state index in [0.29, 0.717) is 11.1 Å². The van der Waals surface area contributed by atoms with E-state index in [-0.39, 0.29) is 18.8 Å². The predicted molar refractivity (Wildman–Crippen MR) is 158 cm³/mol. The summed E-state index contributed by atoms with van der Waals surface area (Å²) in [6.07, 6.45) is 3.98. The molecule has 1 unspecified atom stereocenters. The number of ketones is 1. The Morgan fingerprint density at radius 1 is 0.842 bits per heavy atom.